The highest BCUT2D eigenvalue weighted by Crippen LogP contribution is 2.23. The van der Waals surface area contributed by atoms with Crippen molar-refractivity contribution in [2.24, 2.45) is 0 Å². The molecule has 104 valence electrons. The topological polar surface area (TPSA) is 81.6 Å². The van der Waals surface area contributed by atoms with Crippen LogP contribution in [0.1, 0.15) is 15.9 Å². The van der Waals surface area contributed by atoms with Gasteiger partial charge in [-0.25, -0.2) is 0 Å². The molecular formula is C15H16N2O3. The van der Waals surface area contributed by atoms with Crippen molar-refractivity contribution < 1.29 is 15.0 Å². The molecule has 0 unspecified atom stereocenters. The zero-order valence-corrected chi connectivity index (χ0v) is 11.1. The van der Waals surface area contributed by atoms with E-state index in [0.29, 0.717) is 12.2 Å². The molecule has 0 heterocycles. The molecule has 0 bridgehead atoms. The van der Waals surface area contributed by atoms with Crippen LogP contribution in [0.5, 0.6) is 11.5 Å². The van der Waals surface area contributed by atoms with Gasteiger partial charge in [-0.15, -0.1) is 0 Å². The number of carbonyl (C=O) groups excluding carboxylic acids is 1. The number of amides is 1. The minimum absolute atomic E-state index is 0.0879. The van der Waals surface area contributed by atoms with Crippen molar-refractivity contribution in [1.29, 1.82) is 0 Å². The Balaban J connectivity index is 2.17. The molecule has 5 heteroatoms. The molecule has 2 aromatic carbocycles. The number of carbonyl (C=O) groups is 1. The molecule has 5 nitrogen and oxygen atoms in total. The summed E-state index contributed by atoms with van der Waals surface area (Å²) in [5.41, 5.74) is 1.80. The fourth-order valence-corrected chi connectivity index (χ4v) is 1.87. The second-order valence-electron chi connectivity index (χ2n) is 4.39. The molecule has 0 radical (unpaired) electrons. The van der Waals surface area contributed by atoms with Crippen LogP contribution in [0, 0.1) is 0 Å². The summed E-state index contributed by atoms with van der Waals surface area (Å²) in [4.78, 5) is 12.0. The van der Waals surface area contributed by atoms with Crippen molar-refractivity contribution in [3.63, 3.8) is 0 Å². The van der Waals surface area contributed by atoms with Crippen LogP contribution in [0.3, 0.4) is 0 Å². The van der Waals surface area contributed by atoms with Gasteiger partial charge in [-0.05, 0) is 36.9 Å². The molecule has 0 saturated heterocycles. The van der Waals surface area contributed by atoms with Crippen LogP contribution in [0.2, 0.25) is 0 Å². The van der Waals surface area contributed by atoms with Crippen molar-refractivity contribution in [3.8, 4) is 11.5 Å². The Morgan fingerprint density at radius 2 is 1.95 bits per heavy atom. The van der Waals surface area contributed by atoms with Crippen molar-refractivity contribution in [2.45, 2.75) is 6.54 Å². The Hall–Kier alpha value is -2.53. The van der Waals surface area contributed by atoms with E-state index in [9.17, 15) is 15.0 Å². The molecule has 0 aromatic heterocycles. The van der Waals surface area contributed by atoms with E-state index in [0.717, 1.165) is 11.6 Å². The summed E-state index contributed by atoms with van der Waals surface area (Å²) in [7, 11) is 1.85. The third kappa shape index (κ3) is 3.27. The summed E-state index contributed by atoms with van der Waals surface area (Å²) < 4.78 is 0. The molecule has 2 rings (SSSR count). The lowest BCUT2D eigenvalue weighted by atomic mass is 10.1. The first-order chi connectivity index (χ1) is 9.60. The van der Waals surface area contributed by atoms with Gasteiger partial charge in [-0.1, -0.05) is 12.1 Å². The fourth-order valence-electron chi connectivity index (χ4n) is 1.87. The monoisotopic (exact) mass is 272 g/mol. The Morgan fingerprint density at radius 1 is 1.15 bits per heavy atom. The minimum Gasteiger partial charge on any atom is -0.508 e. The molecular weight excluding hydrogens is 256 g/mol. The van der Waals surface area contributed by atoms with Gasteiger partial charge in [0.05, 0.1) is 5.56 Å². The van der Waals surface area contributed by atoms with Gasteiger partial charge >= 0.3 is 0 Å². The van der Waals surface area contributed by atoms with Crippen LogP contribution in [0.4, 0.5) is 5.69 Å². The van der Waals surface area contributed by atoms with Crippen LogP contribution < -0.4 is 10.6 Å². The standard InChI is InChI=1S/C15H16N2O3/c1-16-9-10-3-2-4-11(7-10)17-15(20)13-6-5-12(18)8-14(13)19/h2-8,16,18-19H,9H2,1H3,(H,17,20). The fraction of sp³-hybridized carbons (Fsp3) is 0.133. The maximum atomic E-state index is 12.0. The van der Waals surface area contributed by atoms with E-state index >= 15 is 0 Å². The summed E-state index contributed by atoms with van der Waals surface area (Å²) in [6, 6.07) is 11.3. The van der Waals surface area contributed by atoms with E-state index in [2.05, 4.69) is 10.6 Å². The number of benzene rings is 2. The van der Waals surface area contributed by atoms with Crippen LogP contribution >= 0.6 is 0 Å². The Bertz CT molecular complexity index is 626. The summed E-state index contributed by atoms with van der Waals surface area (Å²) in [6.07, 6.45) is 0. The summed E-state index contributed by atoms with van der Waals surface area (Å²) in [5.74, 6) is -0.770. The number of phenols is 2. The molecule has 0 aliphatic carbocycles. The minimum atomic E-state index is -0.427. The van der Waals surface area contributed by atoms with E-state index in [4.69, 9.17) is 0 Å². The number of nitrogens with one attached hydrogen (secondary N) is 2. The highest BCUT2D eigenvalue weighted by atomic mass is 16.3. The Morgan fingerprint density at radius 3 is 2.65 bits per heavy atom. The molecule has 20 heavy (non-hydrogen) atoms. The van der Waals surface area contributed by atoms with E-state index in [-0.39, 0.29) is 17.1 Å². The van der Waals surface area contributed by atoms with Crippen LogP contribution in [0.15, 0.2) is 42.5 Å². The second kappa shape index (κ2) is 6.08. The normalized spacial score (nSPS) is 10.2. The quantitative estimate of drug-likeness (QED) is 0.687. The zero-order valence-electron chi connectivity index (χ0n) is 11.1. The lowest BCUT2D eigenvalue weighted by Crippen LogP contribution is -2.12. The zero-order chi connectivity index (χ0) is 14.5. The van der Waals surface area contributed by atoms with Crippen LogP contribution in [-0.2, 0) is 6.54 Å². The number of anilines is 1. The van der Waals surface area contributed by atoms with Crippen molar-refractivity contribution in [2.75, 3.05) is 12.4 Å². The first-order valence-electron chi connectivity index (χ1n) is 6.17. The van der Waals surface area contributed by atoms with Gasteiger partial charge in [0, 0.05) is 18.3 Å². The first kappa shape index (κ1) is 13.9. The van der Waals surface area contributed by atoms with E-state index in [1.54, 1.807) is 6.07 Å². The van der Waals surface area contributed by atoms with Crippen molar-refractivity contribution >= 4 is 11.6 Å². The third-order valence-electron chi connectivity index (χ3n) is 2.79. The van der Waals surface area contributed by atoms with Gasteiger partial charge in [0.25, 0.3) is 5.91 Å². The highest BCUT2D eigenvalue weighted by molar-refractivity contribution is 6.06. The predicted octanol–water partition coefficient (Wildman–Crippen LogP) is 2.07. The third-order valence-corrected chi connectivity index (χ3v) is 2.79. The maximum absolute atomic E-state index is 12.0. The number of rotatable bonds is 4. The van der Waals surface area contributed by atoms with Gasteiger partial charge in [0.1, 0.15) is 11.5 Å². The average Bonchev–Trinajstić information content (AvgIpc) is 2.39. The van der Waals surface area contributed by atoms with E-state index in [1.807, 2.05) is 25.2 Å². The molecule has 0 spiro atoms. The van der Waals surface area contributed by atoms with Crippen molar-refractivity contribution in [1.82, 2.24) is 5.32 Å². The summed E-state index contributed by atoms with van der Waals surface area (Å²) in [5, 5.41) is 24.6. The molecule has 4 N–H and O–H groups in total. The van der Waals surface area contributed by atoms with Gasteiger partial charge < -0.3 is 20.8 Å². The molecule has 0 atom stereocenters. The lowest BCUT2D eigenvalue weighted by Gasteiger charge is -2.08. The smallest absolute Gasteiger partial charge is 0.259 e. The van der Waals surface area contributed by atoms with Crippen LogP contribution in [0.25, 0.3) is 0 Å². The van der Waals surface area contributed by atoms with Gasteiger partial charge in [0.15, 0.2) is 0 Å². The lowest BCUT2D eigenvalue weighted by molar-refractivity contribution is 0.102. The van der Waals surface area contributed by atoms with E-state index < -0.39 is 5.91 Å². The molecule has 2 aromatic rings. The average molecular weight is 272 g/mol. The molecule has 1 amide bonds. The molecule has 0 fully saturated rings. The van der Waals surface area contributed by atoms with Crippen molar-refractivity contribution in [3.05, 3.63) is 53.6 Å². The number of hydrogen-bond donors (Lipinski definition) is 4. The van der Waals surface area contributed by atoms with Gasteiger partial charge in [0.2, 0.25) is 0 Å². The maximum Gasteiger partial charge on any atom is 0.259 e. The van der Waals surface area contributed by atoms with Crippen LogP contribution in [-0.4, -0.2) is 23.2 Å². The summed E-state index contributed by atoms with van der Waals surface area (Å²) in [6.45, 7) is 0.703. The van der Waals surface area contributed by atoms with Gasteiger partial charge in [-0.2, -0.15) is 0 Å². The number of hydrogen-bond acceptors (Lipinski definition) is 4. The number of aromatic hydroxyl groups is 2. The Labute approximate surface area is 116 Å². The molecule has 0 aliphatic rings. The van der Waals surface area contributed by atoms with E-state index in [1.165, 1.54) is 12.1 Å². The Kier molecular flexibility index (Phi) is 4.22. The SMILES string of the molecule is CNCc1cccc(NC(=O)c2ccc(O)cc2O)c1. The van der Waals surface area contributed by atoms with Gasteiger partial charge in [-0.3, -0.25) is 4.79 Å². The summed E-state index contributed by atoms with van der Waals surface area (Å²) >= 11 is 0. The highest BCUT2D eigenvalue weighted by Gasteiger charge is 2.11. The molecule has 0 saturated carbocycles. The second-order valence-corrected chi connectivity index (χ2v) is 4.39. The largest absolute Gasteiger partial charge is 0.508 e. The first-order valence-corrected chi connectivity index (χ1v) is 6.17. The predicted molar refractivity (Wildman–Crippen MR) is 76.9 cm³/mol. The number of phenolic OH excluding ortho intramolecular Hbond substituents is 2. The molecule has 0 aliphatic heterocycles.